The molecule has 36 heavy (non-hydrogen) atoms. The third-order valence-electron chi connectivity index (χ3n) is 5.32. The van der Waals surface area contributed by atoms with Gasteiger partial charge in [-0.15, -0.1) is 13.2 Å². The fraction of sp³-hybridized carbons (Fsp3) is 0.333. The molecule has 0 amide bonds. The van der Waals surface area contributed by atoms with Crippen molar-refractivity contribution in [2.75, 3.05) is 31.6 Å². The number of hydrogen-bond acceptors (Lipinski definition) is 7. The molecule has 2 heterocycles. The number of fused-ring (bicyclic) bond motifs is 1. The molecule has 7 nitrogen and oxygen atoms in total. The number of hydrogen-bond donors (Lipinski definition) is 2. The predicted molar refractivity (Wildman–Crippen MR) is 135 cm³/mol. The summed E-state index contributed by atoms with van der Waals surface area (Å²) in [4.78, 5) is 0. The van der Waals surface area contributed by atoms with E-state index in [0.29, 0.717) is 34.7 Å². The lowest BCUT2D eigenvalue weighted by Gasteiger charge is -2.12. The van der Waals surface area contributed by atoms with Crippen LogP contribution in [0, 0.1) is 0 Å². The number of rotatable bonds is 13. The van der Waals surface area contributed by atoms with Crippen molar-refractivity contribution in [1.29, 1.82) is 0 Å². The molecule has 0 fully saturated rings. The topological polar surface area (TPSA) is 81.4 Å². The van der Waals surface area contributed by atoms with Gasteiger partial charge in [-0.1, -0.05) is 22.8 Å². The second-order valence-electron chi connectivity index (χ2n) is 7.99. The highest BCUT2D eigenvalue weighted by molar-refractivity contribution is 7.25. The number of alkyl halides is 3. The van der Waals surface area contributed by atoms with E-state index in [1.807, 2.05) is 6.07 Å². The van der Waals surface area contributed by atoms with E-state index < -0.39 is 12.1 Å². The average Bonchev–Trinajstić information content (AvgIpc) is 3.53. The maximum Gasteiger partial charge on any atom is 0.573 e. The summed E-state index contributed by atoms with van der Waals surface area (Å²) in [5.41, 5.74) is 4.68. The third-order valence-corrected chi connectivity index (χ3v) is 6.41. The summed E-state index contributed by atoms with van der Waals surface area (Å²) in [7, 11) is 0.427. The number of nitrogens with zero attached hydrogens (tertiary/aromatic N) is 2. The Morgan fingerprint density at radius 3 is 2.72 bits per heavy atom. The van der Waals surface area contributed by atoms with Crippen molar-refractivity contribution in [2.24, 2.45) is 0 Å². The summed E-state index contributed by atoms with van der Waals surface area (Å²) in [6, 6.07) is 8.36. The van der Waals surface area contributed by atoms with E-state index in [1.165, 1.54) is 12.1 Å². The molecule has 0 aliphatic carbocycles. The second-order valence-corrected chi connectivity index (χ2v) is 9.17. The van der Waals surface area contributed by atoms with Gasteiger partial charge in [-0.05, 0) is 68.9 Å². The van der Waals surface area contributed by atoms with Crippen LogP contribution in [0.5, 0.6) is 5.75 Å². The molecule has 4 rings (SSSR count). The summed E-state index contributed by atoms with van der Waals surface area (Å²) >= 11 is 5.87. The van der Waals surface area contributed by atoms with Crippen LogP contribution in [0.2, 0.25) is 5.02 Å². The van der Waals surface area contributed by atoms with Gasteiger partial charge in [0.05, 0.1) is 23.3 Å². The van der Waals surface area contributed by atoms with E-state index in [1.54, 1.807) is 18.5 Å². The van der Waals surface area contributed by atoms with Crippen LogP contribution < -0.4 is 15.4 Å². The summed E-state index contributed by atoms with van der Waals surface area (Å²) in [5.74, 6) is 1.72. The lowest BCUT2D eigenvalue weighted by molar-refractivity contribution is -0.274. The quantitative estimate of drug-likeness (QED) is 0.188. The molecule has 1 atom stereocenters. The summed E-state index contributed by atoms with van der Waals surface area (Å²) in [6.07, 6.45) is 0.326. The number of ether oxygens (including phenoxy) is 2. The van der Waals surface area contributed by atoms with Gasteiger partial charge in [-0.25, -0.2) is 4.75 Å². The first-order valence-electron chi connectivity index (χ1n) is 11.3. The van der Waals surface area contributed by atoms with Gasteiger partial charge in [0, 0.05) is 36.3 Å². The zero-order chi connectivity index (χ0) is 25.4. The number of anilines is 1. The van der Waals surface area contributed by atoms with Crippen LogP contribution in [0.4, 0.5) is 18.9 Å². The standard InChI is InChI=1S/C24H25ClF3N4O3P/c25-20-9-16(3-4-23(20)35-24(26,27)28)12-29-5-1-2-7-33-8-6-30-21-10-17(18-13-31-34-14-18)11-22-19(21)15-36-32-22/h3-4,9-11,13-15,29-30,36H,1-2,5-8,12H2. The van der Waals surface area contributed by atoms with Crippen molar-refractivity contribution in [1.82, 2.24) is 15.2 Å². The van der Waals surface area contributed by atoms with Crippen LogP contribution in [-0.2, 0) is 11.3 Å². The van der Waals surface area contributed by atoms with Crippen molar-refractivity contribution in [3.05, 3.63) is 59.2 Å². The van der Waals surface area contributed by atoms with Gasteiger partial charge in [-0.3, -0.25) is 0 Å². The minimum Gasteiger partial charge on any atom is -0.404 e. The van der Waals surface area contributed by atoms with Crippen molar-refractivity contribution in [3.63, 3.8) is 0 Å². The Balaban J connectivity index is 1.10. The maximum atomic E-state index is 12.3. The Morgan fingerprint density at radius 2 is 1.94 bits per heavy atom. The molecule has 0 spiro atoms. The van der Waals surface area contributed by atoms with Crippen LogP contribution in [0.25, 0.3) is 22.0 Å². The minimum atomic E-state index is -4.76. The largest absolute Gasteiger partial charge is 0.573 e. The smallest absolute Gasteiger partial charge is 0.404 e. The molecule has 0 saturated carbocycles. The van der Waals surface area contributed by atoms with Crippen molar-refractivity contribution >= 4 is 36.5 Å². The zero-order valence-corrected chi connectivity index (χ0v) is 21.0. The molecule has 12 heteroatoms. The Kier molecular flexibility index (Phi) is 9.09. The predicted octanol–water partition coefficient (Wildman–Crippen LogP) is 6.47. The average molecular weight is 541 g/mol. The summed E-state index contributed by atoms with van der Waals surface area (Å²) < 4.78 is 56.1. The molecule has 0 saturated heterocycles. The first-order valence-corrected chi connectivity index (χ1v) is 12.7. The molecule has 2 aromatic carbocycles. The first kappa shape index (κ1) is 26.3. The molecule has 2 aromatic heterocycles. The van der Waals surface area contributed by atoms with Crippen molar-refractivity contribution in [3.8, 4) is 16.9 Å². The van der Waals surface area contributed by atoms with E-state index in [-0.39, 0.29) is 5.02 Å². The Labute approximate surface area is 212 Å². The zero-order valence-electron chi connectivity index (χ0n) is 19.2. The van der Waals surface area contributed by atoms with Gasteiger partial charge in [0.15, 0.2) is 0 Å². The SMILES string of the molecule is FC(F)(F)Oc1ccc(CNCCCCOCCNc2cc(-c3cnoc3)cc3n[pH]cc23)cc1Cl. The third kappa shape index (κ3) is 7.61. The van der Waals surface area contributed by atoms with E-state index in [4.69, 9.17) is 20.9 Å². The molecule has 0 radical (unpaired) electrons. The van der Waals surface area contributed by atoms with Crippen LogP contribution >= 0.6 is 20.0 Å². The van der Waals surface area contributed by atoms with Crippen molar-refractivity contribution < 1.29 is 27.2 Å². The fourth-order valence-electron chi connectivity index (χ4n) is 3.62. The van der Waals surface area contributed by atoms with Crippen LogP contribution in [0.15, 0.2) is 53.1 Å². The molecule has 0 aliphatic heterocycles. The van der Waals surface area contributed by atoms with Gasteiger partial charge in [0.2, 0.25) is 0 Å². The Hall–Kier alpha value is -2.78. The van der Waals surface area contributed by atoms with Gasteiger partial charge in [0.25, 0.3) is 0 Å². The maximum absolute atomic E-state index is 12.3. The summed E-state index contributed by atoms with van der Waals surface area (Å²) in [5, 5.41) is 11.5. The molecule has 2 N–H and O–H groups in total. The number of benzene rings is 2. The Morgan fingerprint density at radius 1 is 1.06 bits per heavy atom. The molecule has 4 aromatic rings. The molecular formula is C24H25ClF3N4O3P. The van der Waals surface area contributed by atoms with E-state index in [0.717, 1.165) is 52.7 Å². The van der Waals surface area contributed by atoms with E-state index in [9.17, 15) is 13.2 Å². The molecule has 192 valence electrons. The van der Waals surface area contributed by atoms with Crippen LogP contribution in [-0.4, -0.2) is 42.6 Å². The van der Waals surface area contributed by atoms with Crippen LogP contribution in [0.3, 0.4) is 0 Å². The normalized spacial score (nSPS) is 12.0. The summed E-state index contributed by atoms with van der Waals surface area (Å²) in [6.45, 7) is 3.13. The fourth-order valence-corrected chi connectivity index (χ4v) is 4.68. The lowest BCUT2D eigenvalue weighted by atomic mass is 10.1. The van der Waals surface area contributed by atoms with Gasteiger partial charge in [-0.2, -0.15) is 0 Å². The van der Waals surface area contributed by atoms with Gasteiger partial charge < -0.3 is 24.6 Å². The van der Waals surface area contributed by atoms with Crippen LogP contribution in [0.1, 0.15) is 18.4 Å². The lowest BCUT2D eigenvalue weighted by Crippen LogP contribution is -2.18. The number of nitrogens with one attached hydrogen (secondary N) is 2. The highest BCUT2D eigenvalue weighted by Crippen LogP contribution is 2.33. The molecular weight excluding hydrogens is 516 g/mol. The van der Waals surface area contributed by atoms with Gasteiger partial charge in [0.1, 0.15) is 12.0 Å². The van der Waals surface area contributed by atoms with Crippen molar-refractivity contribution in [2.45, 2.75) is 25.7 Å². The highest BCUT2D eigenvalue weighted by atomic mass is 35.5. The second kappa shape index (κ2) is 12.5. The Bertz CT molecular complexity index is 1250. The monoisotopic (exact) mass is 540 g/mol. The number of aromatic nitrogens is 2. The number of unbranched alkanes of at least 4 members (excludes halogenated alkanes) is 1. The highest BCUT2D eigenvalue weighted by Gasteiger charge is 2.32. The molecule has 0 bridgehead atoms. The van der Waals surface area contributed by atoms with E-state index >= 15 is 0 Å². The molecule has 0 aliphatic rings. The number of halogens is 4. The molecule has 1 unspecified atom stereocenters. The minimum absolute atomic E-state index is 0.0727. The first-order chi connectivity index (χ1) is 17.4. The van der Waals surface area contributed by atoms with E-state index in [2.05, 4.69) is 37.1 Å². The van der Waals surface area contributed by atoms with Gasteiger partial charge >= 0.3 is 6.36 Å².